The smallest absolute Gasteiger partial charge is 0.266 e. The van der Waals surface area contributed by atoms with Gasteiger partial charge < -0.3 is 29.9 Å². The van der Waals surface area contributed by atoms with Crippen molar-refractivity contribution in [3.63, 3.8) is 0 Å². The molecule has 3 aromatic heterocycles. The van der Waals surface area contributed by atoms with Gasteiger partial charge in [-0.15, -0.1) is 0 Å². The third-order valence-electron chi connectivity index (χ3n) is 10.6. The molecule has 0 bridgehead atoms. The van der Waals surface area contributed by atoms with Gasteiger partial charge >= 0.3 is 0 Å². The molecule has 15 heteroatoms. The van der Waals surface area contributed by atoms with Crippen LogP contribution in [0.25, 0.3) is 16.8 Å². The van der Waals surface area contributed by atoms with E-state index in [4.69, 9.17) is 19.0 Å². The number of hydrogen-bond donors (Lipinski definition) is 3. The zero-order valence-electron chi connectivity index (χ0n) is 31.9. The van der Waals surface area contributed by atoms with Gasteiger partial charge in [0.15, 0.2) is 6.61 Å². The van der Waals surface area contributed by atoms with Crippen molar-refractivity contribution in [2.75, 3.05) is 56.6 Å². The summed E-state index contributed by atoms with van der Waals surface area (Å²) < 4.78 is 18.9. The minimum atomic E-state index is -0.946. The van der Waals surface area contributed by atoms with Gasteiger partial charge in [0.05, 0.1) is 35.7 Å². The Balaban J connectivity index is 0.905. The number of carbonyl (C=O) groups excluding carboxylic acids is 4. The van der Waals surface area contributed by atoms with Crippen LogP contribution in [0.4, 0.5) is 11.5 Å². The Morgan fingerprint density at radius 3 is 2.56 bits per heavy atom. The van der Waals surface area contributed by atoms with Gasteiger partial charge in [-0.3, -0.25) is 33.4 Å². The Labute approximate surface area is 329 Å². The van der Waals surface area contributed by atoms with Crippen LogP contribution in [0.2, 0.25) is 0 Å². The first kappa shape index (κ1) is 37.6. The van der Waals surface area contributed by atoms with E-state index in [1.54, 1.807) is 6.07 Å². The molecule has 3 aliphatic rings. The number of fused-ring (bicyclic) bond motifs is 2. The molecule has 0 saturated carbocycles. The Hall–Kier alpha value is -6.32. The summed E-state index contributed by atoms with van der Waals surface area (Å²) in [7, 11) is 0. The summed E-state index contributed by atoms with van der Waals surface area (Å²) in [5, 5.41) is 13.3. The Bertz CT molecular complexity index is 2360. The minimum Gasteiger partial charge on any atom is -0.483 e. The molecule has 57 heavy (non-hydrogen) atoms. The molecule has 0 spiro atoms. The number of amides is 4. The van der Waals surface area contributed by atoms with E-state index in [0.29, 0.717) is 24.2 Å². The average molecular weight is 773 g/mol. The maximum Gasteiger partial charge on any atom is 0.266 e. The zero-order chi connectivity index (χ0) is 39.6. The van der Waals surface area contributed by atoms with E-state index in [-0.39, 0.29) is 23.3 Å². The van der Waals surface area contributed by atoms with Gasteiger partial charge in [-0.1, -0.05) is 29.9 Å². The number of morpholine rings is 1. The molecule has 0 radical (unpaired) electrons. The standard InChI is InChI=1S/C42H44N8O7/c1-25-7-15-33(40(52)44-25)50-41(53)31-5-4-6-34(38(31)42(50)54)56-24-36(51)45-30-12-8-28(9-13-30)10-14-32-39(43-17-18-48-19-21-55-22-20-48)49-23-29(11-16-35(49)46-32)37-26(2)47-57-27(37)3/h4-6,8-9,11-13,16,23,33,43H,1,7,10,14-15,17-22,24H2,2-3H3,(H,44,52)(H,45,51). The first-order chi connectivity index (χ1) is 27.6. The number of hydrogen-bond acceptors (Lipinski definition) is 11. The highest BCUT2D eigenvalue weighted by Gasteiger charge is 2.45. The number of nitrogens with zero attached hydrogens (tertiary/aromatic N) is 5. The van der Waals surface area contributed by atoms with Crippen LogP contribution >= 0.6 is 0 Å². The van der Waals surface area contributed by atoms with E-state index in [1.807, 2.05) is 50.2 Å². The highest BCUT2D eigenvalue weighted by Crippen LogP contribution is 2.34. The number of anilines is 2. The Morgan fingerprint density at radius 2 is 1.81 bits per heavy atom. The summed E-state index contributed by atoms with van der Waals surface area (Å²) in [6, 6.07) is 15.3. The molecule has 4 amide bonds. The number of carbonyl (C=O) groups is 4. The summed E-state index contributed by atoms with van der Waals surface area (Å²) in [5.74, 6) is -0.281. The third-order valence-corrected chi connectivity index (χ3v) is 10.6. The van der Waals surface area contributed by atoms with Crippen LogP contribution in [0.5, 0.6) is 5.75 Å². The van der Waals surface area contributed by atoms with Crippen LogP contribution in [-0.2, 0) is 27.2 Å². The molecule has 15 nitrogen and oxygen atoms in total. The SMILES string of the molecule is C=C1CCC(N2C(=O)c3cccc(OCC(=O)Nc4ccc(CCc5nc6ccc(-c7c(C)noc7C)cn6c5NCCN5CCOCC5)cc4)c3C2=O)C(=O)N1. The van der Waals surface area contributed by atoms with Crippen molar-refractivity contribution in [3.05, 3.63) is 107 Å². The minimum absolute atomic E-state index is 0.0406. The Kier molecular flexibility index (Phi) is 10.6. The maximum atomic E-state index is 13.4. The lowest BCUT2D eigenvalue weighted by atomic mass is 10.0. The highest BCUT2D eigenvalue weighted by atomic mass is 16.5. The van der Waals surface area contributed by atoms with Crippen LogP contribution in [0.15, 0.2) is 77.6 Å². The molecular formula is C42H44N8O7. The van der Waals surface area contributed by atoms with Crippen molar-refractivity contribution in [1.82, 2.24) is 29.7 Å². The highest BCUT2D eigenvalue weighted by molar-refractivity contribution is 6.24. The average Bonchev–Trinajstić information content (AvgIpc) is 3.82. The summed E-state index contributed by atoms with van der Waals surface area (Å²) in [6.45, 7) is 12.2. The largest absolute Gasteiger partial charge is 0.483 e. The van der Waals surface area contributed by atoms with Crippen molar-refractivity contribution < 1.29 is 33.2 Å². The van der Waals surface area contributed by atoms with Crippen LogP contribution in [0.3, 0.4) is 0 Å². The second-order valence-electron chi connectivity index (χ2n) is 14.5. The van der Waals surface area contributed by atoms with Crippen molar-refractivity contribution in [2.24, 2.45) is 0 Å². The molecule has 3 aliphatic heterocycles. The third kappa shape index (κ3) is 7.76. The van der Waals surface area contributed by atoms with Gasteiger partial charge in [0.2, 0.25) is 5.91 Å². The molecule has 5 aromatic rings. The normalized spacial score (nSPS) is 17.2. The topological polar surface area (TPSA) is 173 Å². The van der Waals surface area contributed by atoms with Crippen molar-refractivity contribution in [1.29, 1.82) is 0 Å². The van der Waals surface area contributed by atoms with Crippen molar-refractivity contribution in [2.45, 2.75) is 45.6 Å². The molecule has 294 valence electrons. The first-order valence-corrected chi connectivity index (χ1v) is 19.1. The van der Waals surface area contributed by atoms with E-state index < -0.39 is 36.3 Å². The number of benzene rings is 2. The second-order valence-corrected chi connectivity index (χ2v) is 14.5. The number of aromatic nitrogens is 3. The van der Waals surface area contributed by atoms with Gasteiger partial charge in [0, 0.05) is 54.9 Å². The fraction of sp³-hybridized carbons (Fsp3) is 0.333. The van der Waals surface area contributed by atoms with E-state index in [9.17, 15) is 19.2 Å². The van der Waals surface area contributed by atoms with Gasteiger partial charge in [0.25, 0.3) is 17.7 Å². The predicted molar refractivity (Wildman–Crippen MR) is 211 cm³/mol. The molecule has 6 heterocycles. The molecule has 1 atom stereocenters. The van der Waals surface area contributed by atoms with Crippen LogP contribution in [-0.4, -0.2) is 100 Å². The van der Waals surface area contributed by atoms with Gasteiger partial charge in [-0.25, -0.2) is 4.98 Å². The molecule has 2 aromatic carbocycles. The van der Waals surface area contributed by atoms with Crippen LogP contribution < -0.4 is 20.7 Å². The molecule has 1 unspecified atom stereocenters. The number of imidazole rings is 1. The number of piperidine rings is 1. The predicted octanol–water partition coefficient (Wildman–Crippen LogP) is 4.54. The number of ether oxygens (including phenoxy) is 2. The van der Waals surface area contributed by atoms with Gasteiger partial charge in [0.1, 0.15) is 29.0 Å². The quantitative estimate of drug-likeness (QED) is 0.144. The summed E-state index contributed by atoms with van der Waals surface area (Å²) in [4.78, 5) is 60.6. The zero-order valence-corrected chi connectivity index (χ0v) is 31.9. The second kappa shape index (κ2) is 16.0. The van der Waals surface area contributed by atoms with Crippen LogP contribution in [0, 0.1) is 13.8 Å². The lowest BCUT2D eigenvalue weighted by Gasteiger charge is -2.29. The van der Waals surface area contributed by atoms with Crippen LogP contribution in [0.1, 0.15) is 56.3 Å². The van der Waals surface area contributed by atoms with E-state index >= 15 is 0 Å². The maximum absolute atomic E-state index is 13.4. The summed E-state index contributed by atoms with van der Waals surface area (Å²) in [6.07, 6.45) is 4.23. The molecular weight excluding hydrogens is 729 g/mol. The monoisotopic (exact) mass is 772 g/mol. The summed E-state index contributed by atoms with van der Waals surface area (Å²) >= 11 is 0. The van der Waals surface area contributed by atoms with E-state index in [0.717, 1.165) is 96.0 Å². The number of rotatable bonds is 13. The van der Waals surface area contributed by atoms with Gasteiger partial charge in [-0.2, -0.15) is 0 Å². The molecule has 2 saturated heterocycles. The molecule has 3 N–H and O–H groups in total. The molecule has 8 rings (SSSR count). The van der Waals surface area contributed by atoms with E-state index in [2.05, 4.69) is 43.2 Å². The summed E-state index contributed by atoms with van der Waals surface area (Å²) in [5.41, 5.74) is 6.97. The number of imide groups is 1. The fourth-order valence-corrected chi connectivity index (χ4v) is 7.70. The number of aryl methyl sites for hydroxylation is 4. The molecule has 2 fully saturated rings. The lowest BCUT2D eigenvalue weighted by Crippen LogP contribution is -2.51. The number of nitrogens with one attached hydrogen (secondary N) is 3. The van der Waals surface area contributed by atoms with Gasteiger partial charge in [-0.05, 0) is 81.5 Å². The fourth-order valence-electron chi connectivity index (χ4n) is 7.70. The number of pyridine rings is 1. The van der Waals surface area contributed by atoms with E-state index in [1.165, 1.54) is 12.1 Å². The van der Waals surface area contributed by atoms with Crippen molar-refractivity contribution >= 4 is 40.8 Å². The van der Waals surface area contributed by atoms with Crippen molar-refractivity contribution in [3.8, 4) is 16.9 Å². The number of allylic oxidation sites excluding steroid dienone is 1. The lowest BCUT2D eigenvalue weighted by molar-refractivity contribution is -0.125. The molecule has 0 aliphatic carbocycles. The Morgan fingerprint density at radius 1 is 1.00 bits per heavy atom. The first-order valence-electron chi connectivity index (χ1n) is 19.1.